The average molecular weight is 284 g/mol. The Balaban J connectivity index is 1.89. The number of nitrogens with two attached hydrogens (primary N) is 1. The van der Waals surface area contributed by atoms with E-state index in [0.29, 0.717) is 18.9 Å². The number of aryl methyl sites for hydroxylation is 1. The first kappa shape index (κ1) is 13.6. The molecule has 1 heterocycles. The number of nitrogens with zero attached hydrogens (tertiary/aromatic N) is 1. The second-order valence-corrected chi connectivity index (χ2v) is 5.00. The number of halogens is 1. The van der Waals surface area contributed by atoms with Gasteiger partial charge in [0.05, 0.1) is 11.2 Å². The van der Waals surface area contributed by atoms with Crippen LogP contribution in [0.25, 0.3) is 10.9 Å². The number of rotatable bonds is 4. The van der Waals surface area contributed by atoms with Crippen LogP contribution in [0, 0.1) is 5.82 Å². The topological polar surface area (TPSA) is 40.2 Å². The van der Waals surface area contributed by atoms with E-state index in [1.165, 1.54) is 12.1 Å². The van der Waals surface area contributed by atoms with Crippen LogP contribution in [0.5, 0.6) is 5.75 Å². The number of hydrogen-bond donors (Lipinski definition) is 1. The van der Waals surface area contributed by atoms with E-state index in [2.05, 4.69) is 16.7 Å². The highest BCUT2D eigenvalue weighted by molar-refractivity contribution is 5.84. The number of para-hydroxylation sites is 1. The fourth-order valence-corrected chi connectivity index (χ4v) is 2.57. The maximum absolute atomic E-state index is 13.1. The molecule has 0 aliphatic carbocycles. The van der Waals surface area contributed by atoms with Crippen molar-refractivity contribution in [2.24, 2.45) is 12.8 Å². The molecule has 108 valence electrons. The molecule has 0 aliphatic heterocycles. The van der Waals surface area contributed by atoms with Crippen molar-refractivity contribution in [3.63, 3.8) is 0 Å². The van der Waals surface area contributed by atoms with Crippen LogP contribution >= 0.6 is 0 Å². The Morgan fingerprint density at radius 1 is 1.14 bits per heavy atom. The van der Waals surface area contributed by atoms with Crippen LogP contribution in [-0.4, -0.2) is 4.57 Å². The molecule has 3 nitrogen and oxygen atoms in total. The zero-order chi connectivity index (χ0) is 14.8. The van der Waals surface area contributed by atoms with Crippen molar-refractivity contribution in [3.8, 4) is 5.75 Å². The van der Waals surface area contributed by atoms with E-state index in [9.17, 15) is 4.39 Å². The monoisotopic (exact) mass is 284 g/mol. The lowest BCUT2D eigenvalue weighted by atomic mass is 10.1. The van der Waals surface area contributed by atoms with E-state index in [4.69, 9.17) is 10.5 Å². The average Bonchev–Trinajstić information content (AvgIpc) is 2.82. The van der Waals surface area contributed by atoms with Gasteiger partial charge in [0.25, 0.3) is 0 Å². The second kappa shape index (κ2) is 5.58. The van der Waals surface area contributed by atoms with Crippen molar-refractivity contribution >= 4 is 10.9 Å². The van der Waals surface area contributed by atoms with Crippen LogP contribution in [0.1, 0.15) is 11.3 Å². The SMILES string of the molecule is Cn1c(COc2cccc(F)c2)cc2cccc(CN)c21. The molecule has 0 aliphatic rings. The van der Waals surface area contributed by atoms with Gasteiger partial charge in [0.1, 0.15) is 18.2 Å². The quantitative estimate of drug-likeness (QED) is 0.798. The normalized spacial score (nSPS) is 11.0. The number of benzene rings is 2. The summed E-state index contributed by atoms with van der Waals surface area (Å²) in [7, 11) is 1.99. The summed E-state index contributed by atoms with van der Waals surface area (Å²) in [6, 6.07) is 14.3. The van der Waals surface area contributed by atoms with Gasteiger partial charge in [-0.25, -0.2) is 4.39 Å². The van der Waals surface area contributed by atoms with Crippen LogP contribution in [-0.2, 0) is 20.2 Å². The molecule has 0 radical (unpaired) electrons. The standard InChI is InChI=1S/C17H17FN2O/c1-20-15(11-21-16-7-3-6-14(18)9-16)8-12-4-2-5-13(10-19)17(12)20/h2-9H,10-11,19H2,1H3. The predicted molar refractivity (Wildman–Crippen MR) is 81.5 cm³/mol. The number of ether oxygens (including phenoxy) is 1. The van der Waals surface area contributed by atoms with Crippen molar-refractivity contribution in [2.75, 3.05) is 0 Å². The van der Waals surface area contributed by atoms with E-state index >= 15 is 0 Å². The molecular formula is C17H17FN2O. The predicted octanol–water partition coefficient (Wildman–Crippen LogP) is 3.36. The fourth-order valence-electron chi connectivity index (χ4n) is 2.57. The van der Waals surface area contributed by atoms with Gasteiger partial charge in [-0.3, -0.25) is 0 Å². The molecule has 0 saturated heterocycles. The molecule has 2 N–H and O–H groups in total. The van der Waals surface area contributed by atoms with E-state index in [1.807, 2.05) is 19.2 Å². The van der Waals surface area contributed by atoms with Crippen LogP contribution in [0.2, 0.25) is 0 Å². The van der Waals surface area contributed by atoms with Gasteiger partial charge in [0.2, 0.25) is 0 Å². The van der Waals surface area contributed by atoms with Gasteiger partial charge in [-0.1, -0.05) is 24.3 Å². The largest absolute Gasteiger partial charge is 0.487 e. The van der Waals surface area contributed by atoms with Gasteiger partial charge in [-0.05, 0) is 23.8 Å². The summed E-state index contributed by atoms with van der Waals surface area (Å²) >= 11 is 0. The molecule has 0 bridgehead atoms. The summed E-state index contributed by atoms with van der Waals surface area (Å²) in [5.74, 6) is 0.231. The molecule has 21 heavy (non-hydrogen) atoms. The first-order valence-electron chi connectivity index (χ1n) is 6.83. The molecule has 0 unspecified atom stereocenters. The summed E-state index contributed by atoms with van der Waals surface area (Å²) in [6.45, 7) is 0.887. The van der Waals surface area contributed by atoms with Gasteiger partial charge >= 0.3 is 0 Å². The number of fused-ring (bicyclic) bond motifs is 1. The third-order valence-electron chi connectivity index (χ3n) is 3.64. The highest BCUT2D eigenvalue weighted by Gasteiger charge is 2.09. The molecule has 2 aromatic carbocycles. The fraction of sp³-hybridized carbons (Fsp3) is 0.176. The van der Waals surface area contributed by atoms with Crippen LogP contribution in [0.3, 0.4) is 0 Å². The van der Waals surface area contributed by atoms with Gasteiger partial charge < -0.3 is 15.0 Å². The molecule has 0 spiro atoms. The van der Waals surface area contributed by atoms with Gasteiger partial charge in [-0.15, -0.1) is 0 Å². The van der Waals surface area contributed by atoms with Crippen molar-refractivity contribution in [3.05, 3.63) is 65.6 Å². The van der Waals surface area contributed by atoms with E-state index in [-0.39, 0.29) is 5.82 Å². The van der Waals surface area contributed by atoms with Crippen molar-refractivity contribution in [1.29, 1.82) is 0 Å². The third kappa shape index (κ3) is 2.62. The lowest BCUT2D eigenvalue weighted by molar-refractivity contribution is 0.296. The number of hydrogen-bond acceptors (Lipinski definition) is 2. The maximum atomic E-state index is 13.1. The minimum atomic E-state index is -0.296. The van der Waals surface area contributed by atoms with Crippen LogP contribution < -0.4 is 10.5 Å². The highest BCUT2D eigenvalue weighted by Crippen LogP contribution is 2.23. The highest BCUT2D eigenvalue weighted by atomic mass is 19.1. The van der Waals surface area contributed by atoms with Crippen LogP contribution in [0.15, 0.2) is 48.5 Å². The lowest BCUT2D eigenvalue weighted by Crippen LogP contribution is -2.04. The third-order valence-corrected chi connectivity index (χ3v) is 3.64. The number of aromatic nitrogens is 1. The van der Waals surface area contributed by atoms with Gasteiger partial charge in [0, 0.05) is 25.0 Å². The first-order chi connectivity index (χ1) is 10.2. The molecule has 0 fully saturated rings. The first-order valence-corrected chi connectivity index (χ1v) is 6.83. The smallest absolute Gasteiger partial charge is 0.128 e. The summed E-state index contributed by atoms with van der Waals surface area (Å²) < 4.78 is 20.9. The van der Waals surface area contributed by atoms with Crippen molar-refractivity contribution < 1.29 is 9.13 Å². The Morgan fingerprint density at radius 2 is 1.95 bits per heavy atom. The molecule has 4 heteroatoms. The van der Waals surface area contributed by atoms with Crippen molar-refractivity contribution in [2.45, 2.75) is 13.2 Å². The summed E-state index contributed by atoms with van der Waals surface area (Å²) in [4.78, 5) is 0. The minimum absolute atomic E-state index is 0.296. The van der Waals surface area contributed by atoms with Crippen molar-refractivity contribution in [1.82, 2.24) is 4.57 Å². The molecule has 0 amide bonds. The molecule has 0 saturated carbocycles. The zero-order valence-corrected chi connectivity index (χ0v) is 11.8. The molecule has 0 atom stereocenters. The van der Waals surface area contributed by atoms with Gasteiger partial charge in [0.15, 0.2) is 0 Å². The Hall–Kier alpha value is -2.33. The molecule has 1 aromatic heterocycles. The Morgan fingerprint density at radius 3 is 2.71 bits per heavy atom. The Kier molecular flexibility index (Phi) is 3.62. The van der Waals surface area contributed by atoms with Gasteiger partial charge in [-0.2, -0.15) is 0 Å². The maximum Gasteiger partial charge on any atom is 0.128 e. The lowest BCUT2D eigenvalue weighted by Gasteiger charge is -2.09. The molecule has 3 rings (SSSR count). The zero-order valence-electron chi connectivity index (χ0n) is 11.8. The molecule has 3 aromatic rings. The Labute approximate surface area is 122 Å². The van der Waals surface area contributed by atoms with E-state index in [1.54, 1.807) is 12.1 Å². The summed E-state index contributed by atoms with van der Waals surface area (Å²) in [5.41, 5.74) is 9.04. The minimum Gasteiger partial charge on any atom is -0.487 e. The second-order valence-electron chi connectivity index (χ2n) is 5.00. The molecular weight excluding hydrogens is 267 g/mol. The van der Waals surface area contributed by atoms with Crippen LogP contribution in [0.4, 0.5) is 4.39 Å². The summed E-state index contributed by atoms with van der Waals surface area (Å²) in [6.07, 6.45) is 0. The summed E-state index contributed by atoms with van der Waals surface area (Å²) in [5, 5.41) is 1.14. The van der Waals surface area contributed by atoms with E-state index < -0.39 is 0 Å². The van der Waals surface area contributed by atoms with E-state index in [0.717, 1.165) is 22.2 Å². The Bertz CT molecular complexity index is 780.